The van der Waals surface area contributed by atoms with Crippen LogP contribution in [0.3, 0.4) is 0 Å². The number of carbonyl (C=O) groups is 1. The van der Waals surface area contributed by atoms with Crippen molar-refractivity contribution < 1.29 is 26.7 Å². The molecule has 0 saturated carbocycles. The predicted octanol–water partition coefficient (Wildman–Crippen LogP) is 0.824. The zero-order valence-corrected chi connectivity index (χ0v) is 12.7. The van der Waals surface area contributed by atoms with Gasteiger partial charge in [0.1, 0.15) is 9.84 Å². The van der Waals surface area contributed by atoms with Gasteiger partial charge in [0.25, 0.3) is 0 Å². The first-order valence-corrected chi connectivity index (χ1v) is 9.30. The molecule has 10 heteroatoms. The second-order valence-electron chi connectivity index (χ2n) is 4.08. The Morgan fingerprint density at radius 3 is 2.30 bits per heavy atom. The van der Waals surface area contributed by atoms with Crippen LogP contribution in [-0.2, 0) is 19.9 Å². The standard InChI is InChI=1S/C10H12ClNO6S2/c1-19(15,16)2-3-20(17,18)12-9-5-7(10(13)14)4-8(11)6-9/h4-6,12H,2-3H2,1H3,(H,13,14). The molecule has 0 atom stereocenters. The fourth-order valence-corrected chi connectivity index (χ4v) is 4.17. The third-order valence-electron chi connectivity index (χ3n) is 2.14. The molecule has 1 aromatic rings. The molecule has 0 unspecified atom stereocenters. The maximum atomic E-state index is 11.7. The number of benzene rings is 1. The molecule has 0 aromatic heterocycles. The predicted molar refractivity (Wildman–Crippen MR) is 75.5 cm³/mol. The smallest absolute Gasteiger partial charge is 0.335 e. The first-order chi connectivity index (χ1) is 8.98. The van der Waals surface area contributed by atoms with Crippen LogP contribution in [-0.4, -0.2) is 45.7 Å². The highest BCUT2D eigenvalue weighted by molar-refractivity contribution is 7.95. The van der Waals surface area contributed by atoms with Gasteiger partial charge in [-0.25, -0.2) is 21.6 Å². The van der Waals surface area contributed by atoms with E-state index in [0.717, 1.165) is 18.4 Å². The molecule has 1 aromatic carbocycles. The molecule has 0 radical (unpaired) electrons. The van der Waals surface area contributed by atoms with Crippen molar-refractivity contribution in [3.8, 4) is 0 Å². The van der Waals surface area contributed by atoms with Gasteiger partial charge in [-0.05, 0) is 18.2 Å². The lowest BCUT2D eigenvalue weighted by Crippen LogP contribution is -2.22. The molecule has 0 bridgehead atoms. The van der Waals surface area contributed by atoms with Crippen LogP contribution in [0.4, 0.5) is 5.69 Å². The van der Waals surface area contributed by atoms with Gasteiger partial charge in [0.15, 0.2) is 0 Å². The molecule has 20 heavy (non-hydrogen) atoms. The SMILES string of the molecule is CS(=O)(=O)CCS(=O)(=O)Nc1cc(Cl)cc(C(=O)O)c1. The zero-order valence-electron chi connectivity index (χ0n) is 10.3. The van der Waals surface area contributed by atoms with Crippen molar-refractivity contribution in [2.24, 2.45) is 0 Å². The molecule has 0 aliphatic rings. The van der Waals surface area contributed by atoms with Crippen molar-refractivity contribution in [1.29, 1.82) is 0 Å². The molecule has 0 amide bonds. The van der Waals surface area contributed by atoms with Gasteiger partial charge >= 0.3 is 5.97 Å². The highest BCUT2D eigenvalue weighted by Crippen LogP contribution is 2.20. The van der Waals surface area contributed by atoms with E-state index in [9.17, 15) is 21.6 Å². The van der Waals surface area contributed by atoms with E-state index in [4.69, 9.17) is 16.7 Å². The van der Waals surface area contributed by atoms with Crippen molar-refractivity contribution >= 4 is 43.1 Å². The lowest BCUT2D eigenvalue weighted by Gasteiger charge is -2.08. The first-order valence-electron chi connectivity index (χ1n) is 5.21. The summed E-state index contributed by atoms with van der Waals surface area (Å²) in [5, 5.41) is 8.87. The highest BCUT2D eigenvalue weighted by atomic mass is 35.5. The minimum absolute atomic E-state index is 0.0385. The van der Waals surface area contributed by atoms with Crippen molar-refractivity contribution in [3.63, 3.8) is 0 Å². The monoisotopic (exact) mass is 341 g/mol. The normalized spacial score (nSPS) is 12.1. The number of halogens is 1. The van der Waals surface area contributed by atoms with Crippen LogP contribution in [0.1, 0.15) is 10.4 Å². The van der Waals surface area contributed by atoms with E-state index in [1.165, 1.54) is 6.07 Å². The number of hydrogen-bond acceptors (Lipinski definition) is 5. The van der Waals surface area contributed by atoms with Gasteiger partial charge in [0, 0.05) is 11.3 Å². The van der Waals surface area contributed by atoms with E-state index in [2.05, 4.69) is 4.72 Å². The van der Waals surface area contributed by atoms with E-state index >= 15 is 0 Å². The molecule has 2 N–H and O–H groups in total. The topological polar surface area (TPSA) is 118 Å². The number of anilines is 1. The van der Waals surface area contributed by atoms with Crippen molar-refractivity contribution in [3.05, 3.63) is 28.8 Å². The fourth-order valence-electron chi connectivity index (χ4n) is 1.26. The molecule has 0 saturated heterocycles. The minimum atomic E-state index is -3.91. The van der Waals surface area contributed by atoms with Gasteiger partial charge in [0.05, 0.1) is 22.8 Å². The number of nitrogens with one attached hydrogen (secondary N) is 1. The van der Waals surface area contributed by atoms with Gasteiger partial charge in [-0.3, -0.25) is 4.72 Å². The fraction of sp³-hybridized carbons (Fsp3) is 0.300. The molecule has 7 nitrogen and oxygen atoms in total. The molecule has 112 valence electrons. The van der Waals surface area contributed by atoms with E-state index in [0.29, 0.717) is 0 Å². The number of aromatic carboxylic acids is 1. The van der Waals surface area contributed by atoms with Gasteiger partial charge in [-0.1, -0.05) is 11.6 Å². The van der Waals surface area contributed by atoms with Gasteiger partial charge in [-0.2, -0.15) is 0 Å². The summed E-state index contributed by atoms with van der Waals surface area (Å²) in [7, 11) is -7.33. The Hall–Kier alpha value is -1.32. The maximum absolute atomic E-state index is 11.7. The van der Waals surface area contributed by atoms with Crippen LogP contribution in [0.5, 0.6) is 0 Å². The van der Waals surface area contributed by atoms with Crippen LogP contribution in [0.25, 0.3) is 0 Å². The third-order valence-corrected chi connectivity index (χ3v) is 4.85. The Labute approximate surface area is 121 Å². The molecule has 1 rings (SSSR count). The van der Waals surface area contributed by atoms with Crippen LogP contribution in [0.2, 0.25) is 5.02 Å². The second-order valence-corrected chi connectivity index (χ2v) is 8.62. The zero-order chi connectivity index (χ0) is 15.6. The van der Waals surface area contributed by atoms with Crippen molar-refractivity contribution in [2.45, 2.75) is 0 Å². The molecular formula is C10H12ClNO6S2. The Morgan fingerprint density at radius 1 is 1.20 bits per heavy atom. The van der Waals surface area contributed by atoms with Crippen LogP contribution >= 0.6 is 11.6 Å². The average molecular weight is 342 g/mol. The van der Waals surface area contributed by atoms with E-state index in [1.54, 1.807) is 0 Å². The number of sulfonamides is 1. The second kappa shape index (κ2) is 5.98. The summed E-state index contributed by atoms with van der Waals surface area (Å²) in [6.07, 6.45) is 0.921. The molecule has 0 aliphatic heterocycles. The molecular weight excluding hydrogens is 330 g/mol. The summed E-state index contributed by atoms with van der Waals surface area (Å²) in [5.74, 6) is -2.42. The summed E-state index contributed by atoms with van der Waals surface area (Å²) < 4.78 is 47.3. The summed E-state index contributed by atoms with van der Waals surface area (Å²) >= 11 is 5.68. The number of hydrogen-bond donors (Lipinski definition) is 2. The summed E-state index contributed by atoms with van der Waals surface area (Å²) in [4.78, 5) is 10.8. The number of carboxylic acids is 1. The van der Waals surface area contributed by atoms with E-state index < -0.39 is 37.3 Å². The Morgan fingerprint density at radius 2 is 1.80 bits per heavy atom. The number of sulfone groups is 1. The first kappa shape index (κ1) is 16.7. The lowest BCUT2D eigenvalue weighted by molar-refractivity contribution is 0.0697. The molecule has 0 heterocycles. The lowest BCUT2D eigenvalue weighted by atomic mass is 10.2. The van der Waals surface area contributed by atoms with Crippen molar-refractivity contribution in [1.82, 2.24) is 0 Å². The molecule has 0 aliphatic carbocycles. The maximum Gasteiger partial charge on any atom is 0.335 e. The molecule has 0 spiro atoms. The number of rotatable bonds is 6. The van der Waals surface area contributed by atoms with Gasteiger partial charge in [-0.15, -0.1) is 0 Å². The Balaban J connectivity index is 2.95. The van der Waals surface area contributed by atoms with Crippen LogP contribution < -0.4 is 4.72 Å². The quantitative estimate of drug-likeness (QED) is 0.791. The van der Waals surface area contributed by atoms with Crippen LogP contribution in [0.15, 0.2) is 18.2 Å². The minimum Gasteiger partial charge on any atom is -0.478 e. The van der Waals surface area contributed by atoms with Gasteiger partial charge < -0.3 is 5.11 Å². The average Bonchev–Trinajstić information content (AvgIpc) is 2.24. The number of carboxylic acid groups (broad SMARTS) is 1. The Kier molecular flexibility index (Phi) is 5.00. The largest absolute Gasteiger partial charge is 0.478 e. The summed E-state index contributed by atoms with van der Waals surface area (Å²) in [5.41, 5.74) is -0.221. The highest BCUT2D eigenvalue weighted by Gasteiger charge is 2.16. The summed E-state index contributed by atoms with van der Waals surface area (Å²) in [6.45, 7) is 0. The Bertz CT molecular complexity index is 726. The van der Waals surface area contributed by atoms with Crippen molar-refractivity contribution in [2.75, 3.05) is 22.5 Å². The van der Waals surface area contributed by atoms with Gasteiger partial charge in [0.2, 0.25) is 10.0 Å². The third kappa shape index (κ3) is 5.76. The van der Waals surface area contributed by atoms with Crippen LogP contribution in [0, 0.1) is 0 Å². The van der Waals surface area contributed by atoms with E-state index in [-0.39, 0.29) is 16.3 Å². The summed E-state index contributed by atoms with van der Waals surface area (Å²) in [6, 6.07) is 3.48. The van der Waals surface area contributed by atoms with E-state index in [1.807, 2.05) is 0 Å². The molecule has 0 fully saturated rings.